The average molecular weight is 468 g/mol. The second-order valence-electron chi connectivity index (χ2n) is 6.99. The quantitative estimate of drug-likeness (QED) is 0.566. The van der Waals surface area contributed by atoms with Gasteiger partial charge in [0.25, 0.3) is 5.91 Å². The third kappa shape index (κ3) is 5.64. The van der Waals surface area contributed by atoms with Gasteiger partial charge in [0.2, 0.25) is 0 Å². The third-order valence-electron chi connectivity index (χ3n) is 4.66. The first-order chi connectivity index (χ1) is 15.9. The van der Waals surface area contributed by atoms with E-state index in [9.17, 15) is 14.7 Å². The number of nitrogens with zero attached hydrogens (tertiary/aromatic N) is 1. The van der Waals surface area contributed by atoms with Gasteiger partial charge in [0.1, 0.15) is 16.4 Å². The van der Waals surface area contributed by atoms with Gasteiger partial charge in [0.15, 0.2) is 11.5 Å². The molecule has 0 aliphatic carbocycles. The van der Waals surface area contributed by atoms with E-state index in [4.69, 9.17) is 14.2 Å². The van der Waals surface area contributed by atoms with E-state index in [-0.39, 0.29) is 23.0 Å². The fraction of sp³-hybridized carbons (Fsp3) is 0.240. The summed E-state index contributed by atoms with van der Waals surface area (Å²) in [7, 11) is 1.54. The number of benzene rings is 2. The summed E-state index contributed by atoms with van der Waals surface area (Å²) in [6, 6.07) is 12.2. The SMILES string of the molecule is CCOC(=O)C1=C(O)/C(=C/c2ccc(OCC)c(OC)c2)SC1=NC(=O)c1ccc(C)cc1. The maximum Gasteiger partial charge on any atom is 0.344 e. The van der Waals surface area contributed by atoms with Crippen LogP contribution >= 0.6 is 11.8 Å². The normalized spacial score (nSPS) is 15.8. The van der Waals surface area contributed by atoms with Crippen molar-refractivity contribution in [3.63, 3.8) is 0 Å². The van der Waals surface area contributed by atoms with Gasteiger partial charge < -0.3 is 19.3 Å². The van der Waals surface area contributed by atoms with Crippen LogP contribution in [0.15, 0.2) is 63.7 Å². The second-order valence-corrected chi connectivity index (χ2v) is 8.02. The monoisotopic (exact) mass is 467 g/mol. The molecule has 0 aromatic heterocycles. The molecule has 7 nitrogen and oxygen atoms in total. The first-order valence-corrected chi connectivity index (χ1v) is 11.2. The van der Waals surface area contributed by atoms with Crippen molar-refractivity contribution in [1.29, 1.82) is 0 Å². The number of methoxy groups -OCH3 is 1. The lowest BCUT2D eigenvalue weighted by Gasteiger charge is -2.09. The lowest BCUT2D eigenvalue weighted by molar-refractivity contribution is -0.138. The molecule has 1 N–H and O–H groups in total. The highest BCUT2D eigenvalue weighted by atomic mass is 32.2. The fourth-order valence-corrected chi connectivity index (χ4v) is 4.06. The Hall–Kier alpha value is -3.52. The van der Waals surface area contributed by atoms with Gasteiger partial charge in [-0.1, -0.05) is 35.5 Å². The lowest BCUT2D eigenvalue weighted by atomic mass is 10.1. The topological polar surface area (TPSA) is 94.4 Å². The number of amides is 1. The van der Waals surface area contributed by atoms with Gasteiger partial charge in [-0.15, -0.1) is 0 Å². The highest BCUT2D eigenvalue weighted by Crippen LogP contribution is 2.40. The molecule has 0 spiro atoms. The maximum atomic E-state index is 12.7. The molecule has 1 aliphatic heterocycles. The number of aryl methyl sites for hydroxylation is 1. The fourth-order valence-electron chi connectivity index (χ4n) is 3.04. The molecule has 1 heterocycles. The van der Waals surface area contributed by atoms with Crippen molar-refractivity contribution in [1.82, 2.24) is 0 Å². The standard InChI is InChI=1S/C25H25NO6S/c1-5-31-18-12-9-16(13-19(18)30-4)14-20-22(27)21(25(29)32-6-2)24(33-20)26-23(28)17-10-7-15(3)8-11-17/h7-14,27H,5-6H2,1-4H3/b20-14-,26-24?. The second kappa shape index (κ2) is 10.9. The summed E-state index contributed by atoms with van der Waals surface area (Å²) in [4.78, 5) is 29.7. The summed E-state index contributed by atoms with van der Waals surface area (Å²) in [5.41, 5.74) is 1.96. The van der Waals surface area contributed by atoms with Gasteiger partial charge in [-0.2, -0.15) is 0 Å². The zero-order chi connectivity index (χ0) is 24.0. The molecule has 0 radical (unpaired) electrons. The molecule has 0 saturated heterocycles. The number of esters is 1. The van der Waals surface area contributed by atoms with E-state index in [1.807, 2.05) is 13.8 Å². The summed E-state index contributed by atoms with van der Waals surface area (Å²) < 4.78 is 16.0. The summed E-state index contributed by atoms with van der Waals surface area (Å²) in [5, 5.41) is 10.9. The largest absolute Gasteiger partial charge is 0.506 e. The Kier molecular flexibility index (Phi) is 7.95. The van der Waals surface area contributed by atoms with Gasteiger partial charge >= 0.3 is 5.97 Å². The van der Waals surface area contributed by atoms with Gasteiger partial charge in [-0.25, -0.2) is 9.79 Å². The van der Waals surface area contributed by atoms with Gasteiger partial charge in [-0.3, -0.25) is 4.79 Å². The van der Waals surface area contributed by atoms with Crippen molar-refractivity contribution in [3.05, 3.63) is 75.4 Å². The van der Waals surface area contributed by atoms with Crippen molar-refractivity contribution >= 4 is 34.8 Å². The summed E-state index contributed by atoms with van der Waals surface area (Å²) >= 11 is 1.02. The Bertz CT molecular complexity index is 1150. The highest BCUT2D eigenvalue weighted by molar-refractivity contribution is 8.18. The summed E-state index contributed by atoms with van der Waals surface area (Å²) in [6.07, 6.45) is 1.68. The van der Waals surface area contributed by atoms with Crippen molar-refractivity contribution in [3.8, 4) is 11.5 Å². The Labute approximate surface area is 196 Å². The number of aliphatic imine (C=N–C) groups is 1. The molecular weight excluding hydrogens is 442 g/mol. The van der Waals surface area contributed by atoms with E-state index in [1.165, 1.54) is 7.11 Å². The molecule has 1 aliphatic rings. The third-order valence-corrected chi connectivity index (χ3v) is 5.68. The summed E-state index contributed by atoms with van der Waals surface area (Å²) in [5.74, 6) is -0.422. The number of hydrogen-bond donors (Lipinski definition) is 1. The Balaban J connectivity index is 2.00. The summed E-state index contributed by atoms with van der Waals surface area (Å²) in [6.45, 7) is 6.07. The molecule has 0 fully saturated rings. The van der Waals surface area contributed by atoms with E-state index >= 15 is 0 Å². The molecule has 0 unspecified atom stereocenters. The van der Waals surface area contributed by atoms with E-state index in [2.05, 4.69) is 4.99 Å². The minimum absolute atomic E-state index is 0.0840. The first kappa shape index (κ1) is 24.1. The zero-order valence-corrected chi connectivity index (χ0v) is 19.7. The number of carbonyl (C=O) groups is 2. The first-order valence-electron chi connectivity index (χ1n) is 10.4. The van der Waals surface area contributed by atoms with E-state index in [1.54, 1.807) is 55.5 Å². The van der Waals surface area contributed by atoms with E-state index in [0.717, 1.165) is 17.3 Å². The van der Waals surface area contributed by atoms with Crippen molar-refractivity contribution in [2.75, 3.05) is 20.3 Å². The molecule has 172 valence electrons. The number of carbonyl (C=O) groups excluding carboxylic acids is 2. The molecule has 0 saturated carbocycles. The predicted molar refractivity (Wildman–Crippen MR) is 129 cm³/mol. The molecule has 0 atom stereocenters. The average Bonchev–Trinajstić information content (AvgIpc) is 3.09. The molecule has 2 aromatic carbocycles. The van der Waals surface area contributed by atoms with Crippen LogP contribution in [0.2, 0.25) is 0 Å². The van der Waals surface area contributed by atoms with Gasteiger partial charge in [0, 0.05) is 5.56 Å². The van der Waals surface area contributed by atoms with Crippen LogP contribution in [-0.4, -0.2) is 42.4 Å². The molecule has 3 rings (SSSR count). The van der Waals surface area contributed by atoms with Gasteiger partial charge in [-0.05, 0) is 56.7 Å². The molecule has 8 heteroatoms. The minimum atomic E-state index is -0.745. The number of thioether (sulfide) groups is 1. The highest BCUT2D eigenvalue weighted by Gasteiger charge is 2.34. The van der Waals surface area contributed by atoms with Crippen LogP contribution < -0.4 is 9.47 Å². The van der Waals surface area contributed by atoms with E-state index in [0.29, 0.717) is 34.1 Å². The van der Waals surface area contributed by atoms with Gasteiger partial charge in [0.05, 0.1) is 25.2 Å². The molecule has 0 bridgehead atoms. The maximum absolute atomic E-state index is 12.7. The lowest BCUT2D eigenvalue weighted by Crippen LogP contribution is -2.14. The number of ether oxygens (including phenoxy) is 3. The molecule has 1 amide bonds. The Morgan fingerprint density at radius 3 is 2.42 bits per heavy atom. The van der Waals surface area contributed by atoms with Crippen LogP contribution in [-0.2, 0) is 9.53 Å². The zero-order valence-electron chi connectivity index (χ0n) is 18.9. The van der Waals surface area contributed by atoms with Crippen molar-refractivity contribution in [2.24, 2.45) is 4.99 Å². The van der Waals surface area contributed by atoms with Crippen LogP contribution in [0, 0.1) is 6.92 Å². The van der Waals surface area contributed by atoms with Crippen LogP contribution in [0.1, 0.15) is 35.3 Å². The van der Waals surface area contributed by atoms with Crippen LogP contribution in [0.25, 0.3) is 6.08 Å². The molecule has 33 heavy (non-hydrogen) atoms. The van der Waals surface area contributed by atoms with Crippen molar-refractivity contribution in [2.45, 2.75) is 20.8 Å². The van der Waals surface area contributed by atoms with Crippen LogP contribution in [0.4, 0.5) is 0 Å². The number of hydrogen-bond acceptors (Lipinski definition) is 7. The van der Waals surface area contributed by atoms with Crippen molar-refractivity contribution < 1.29 is 28.9 Å². The minimum Gasteiger partial charge on any atom is -0.506 e. The number of aliphatic hydroxyl groups excluding tert-OH is 1. The predicted octanol–water partition coefficient (Wildman–Crippen LogP) is 5.10. The van der Waals surface area contributed by atoms with Crippen LogP contribution in [0.3, 0.4) is 0 Å². The molecule has 2 aromatic rings. The smallest absolute Gasteiger partial charge is 0.344 e. The molecular formula is C25H25NO6S. The Morgan fingerprint density at radius 2 is 1.79 bits per heavy atom. The number of aliphatic hydroxyl groups is 1. The number of rotatable bonds is 7. The Morgan fingerprint density at radius 1 is 1.06 bits per heavy atom. The van der Waals surface area contributed by atoms with Crippen LogP contribution in [0.5, 0.6) is 11.5 Å². The van der Waals surface area contributed by atoms with E-state index < -0.39 is 11.9 Å².